The van der Waals surface area contributed by atoms with Crippen LogP contribution >= 0.6 is 23.2 Å². The normalized spacial score (nSPS) is 13.4. The lowest BCUT2D eigenvalue weighted by Crippen LogP contribution is -2.27. The predicted molar refractivity (Wildman–Crippen MR) is 81.2 cm³/mol. The zero-order chi connectivity index (χ0) is 15.8. The van der Waals surface area contributed by atoms with Crippen LogP contribution in [0.4, 0.5) is 0 Å². The molecule has 0 saturated carbocycles. The second kappa shape index (κ2) is 5.96. The Labute approximate surface area is 133 Å². The maximum atomic E-state index is 12.4. The first-order chi connectivity index (χ1) is 9.72. The van der Waals surface area contributed by atoms with Gasteiger partial charge in [-0.1, -0.05) is 34.4 Å². The third kappa shape index (κ3) is 3.40. The van der Waals surface area contributed by atoms with Crippen LogP contribution in [0.3, 0.4) is 0 Å². The van der Waals surface area contributed by atoms with E-state index in [2.05, 4.69) is 9.88 Å². The number of hydrogen-bond donors (Lipinski definition) is 1. The number of nitrogens with one attached hydrogen (secondary N) is 1. The standard InChI is InChI=1S/C13H14Cl2N2O3S/c1-7(10-4-5-11(14)12(15)6-10)17-21(18,19)13-8(2)16-20-9(13)3/h4-7,17H,1-3H3/t7-/m0/s1. The number of nitrogens with zero attached hydrogens (tertiary/aromatic N) is 1. The molecule has 1 N–H and O–H groups in total. The van der Waals surface area contributed by atoms with Gasteiger partial charge in [-0.3, -0.25) is 0 Å². The van der Waals surface area contributed by atoms with Crippen LogP contribution in [0.25, 0.3) is 0 Å². The summed E-state index contributed by atoms with van der Waals surface area (Å²) in [5.74, 6) is 0.251. The molecule has 0 fully saturated rings. The van der Waals surface area contributed by atoms with E-state index in [1.54, 1.807) is 39.0 Å². The fourth-order valence-corrected chi connectivity index (χ4v) is 3.87. The number of hydrogen-bond acceptors (Lipinski definition) is 4. The van der Waals surface area contributed by atoms with Gasteiger partial charge in [0.15, 0.2) is 5.76 Å². The summed E-state index contributed by atoms with van der Waals surface area (Å²) in [4.78, 5) is 0.0643. The van der Waals surface area contributed by atoms with Gasteiger partial charge in [-0.2, -0.15) is 0 Å². The Morgan fingerprint density at radius 2 is 1.90 bits per heavy atom. The second-order valence-electron chi connectivity index (χ2n) is 4.67. The summed E-state index contributed by atoms with van der Waals surface area (Å²) in [7, 11) is -3.73. The van der Waals surface area contributed by atoms with E-state index in [0.29, 0.717) is 21.3 Å². The van der Waals surface area contributed by atoms with E-state index in [-0.39, 0.29) is 10.7 Å². The van der Waals surface area contributed by atoms with Crippen molar-refractivity contribution >= 4 is 33.2 Å². The van der Waals surface area contributed by atoms with Crippen LogP contribution in [0.15, 0.2) is 27.6 Å². The van der Waals surface area contributed by atoms with Crippen molar-refractivity contribution in [3.8, 4) is 0 Å². The third-order valence-electron chi connectivity index (χ3n) is 3.01. The summed E-state index contributed by atoms with van der Waals surface area (Å²) >= 11 is 11.8. The molecule has 0 aliphatic rings. The number of aromatic nitrogens is 1. The molecule has 0 unspecified atom stereocenters. The average Bonchev–Trinajstić information content (AvgIpc) is 2.72. The molecule has 0 bridgehead atoms. The third-order valence-corrected chi connectivity index (χ3v) is 5.54. The quantitative estimate of drug-likeness (QED) is 0.915. The number of halogens is 2. The lowest BCUT2D eigenvalue weighted by molar-refractivity contribution is 0.390. The van der Waals surface area contributed by atoms with Crippen LogP contribution in [-0.4, -0.2) is 13.6 Å². The average molecular weight is 349 g/mol. The first kappa shape index (κ1) is 16.3. The first-order valence-corrected chi connectivity index (χ1v) is 8.36. The molecule has 1 atom stereocenters. The highest BCUT2D eigenvalue weighted by atomic mass is 35.5. The van der Waals surface area contributed by atoms with Gasteiger partial charge in [0.25, 0.3) is 0 Å². The summed E-state index contributed by atoms with van der Waals surface area (Å²) in [6.45, 7) is 4.85. The van der Waals surface area contributed by atoms with Crippen molar-refractivity contribution in [2.45, 2.75) is 31.7 Å². The molecule has 8 heteroatoms. The van der Waals surface area contributed by atoms with Crippen molar-refractivity contribution in [3.63, 3.8) is 0 Å². The van der Waals surface area contributed by atoms with Gasteiger partial charge < -0.3 is 4.52 Å². The molecule has 1 heterocycles. The van der Waals surface area contributed by atoms with Gasteiger partial charge in [0, 0.05) is 6.04 Å². The van der Waals surface area contributed by atoms with Crippen LogP contribution in [-0.2, 0) is 10.0 Å². The lowest BCUT2D eigenvalue weighted by Gasteiger charge is -2.15. The Kier molecular flexibility index (Phi) is 4.63. The highest BCUT2D eigenvalue weighted by Crippen LogP contribution is 2.27. The number of rotatable bonds is 4. The van der Waals surface area contributed by atoms with Crippen molar-refractivity contribution in [3.05, 3.63) is 45.3 Å². The fourth-order valence-electron chi connectivity index (χ4n) is 2.00. The summed E-state index contributed by atoms with van der Waals surface area (Å²) < 4.78 is 32.3. The highest BCUT2D eigenvalue weighted by Gasteiger charge is 2.26. The SMILES string of the molecule is Cc1noc(C)c1S(=O)(=O)N[C@@H](C)c1ccc(Cl)c(Cl)c1. The predicted octanol–water partition coefficient (Wildman–Crippen LogP) is 3.64. The molecule has 0 aliphatic heterocycles. The number of aryl methyl sites for hydroxylation is 2. The summed E-state index contributed by atoms with van der Waals surface area (Å²) in [5, 5.41) is 4.45. The molecule has 0 saturated heterocycles. The second-order valence-corrected chi connectivity index (χ2v) is 7.14. The van der Waals surface area contributed by atoms with Crippen LogP contribution in [0, 0.1) is 13.8 Å². The van der Waals surface area contributed by atoms with Gasteiger partial charge in [0.1, 0.15) is 10.6 Å². The highest BCUT2D eigenvalue weighted by molar-refractivity contribution is 7.89. The van der Waals surface area contributed by atoms with Crippen molar-refractivity contribution in [2.24, 2.45) is 0 Å². The van der Waals surface area contributed by atoms with E-state index in [9.17, 15) is 8.42 Å². The summed E-state index contributed by atoms with van der Waals surface area (Å²) in [5.41, 5.74) is 1.03. The van der Waals surface area contributed by atoms with Gasteiger partial charge in [0.05, 0.1) is 10.0 Å². The van der Waals surface area contributed by atoms with E-state index >= 15 is 0 Å². The molecule has 0 spiro atoms. The van der Waals surface area contributed by atoms with E-state index in [1.807, 2.05) is 0 Å². The molecule has 2 aromatic rings. The summed E-state index contributed by atoms with van der Waals surface area (Å²) in [6.07, 6.45) is 0. The number of sulfonamides is 1. The molecule has 0 aliphatic carbocycles. The Morgan fingerprint density at radius 1 is 1.24 bits per heavy atom. The minimum atomic E-state index is -3.73. The molecule has 114 valence electrons. The van der Waals surface area contributed by atoms with Crippen LogP contribution in [0.5, 0.6) is 0 Å². The maximum absolute atomic E-state index is 12.4. The zero-order valence-electron chi connectivity index (χ0n) is 11.6. The van der Waals surface area contributed by atoms with Gasteiger partial charge in [-0.05, 0) is 38.5 Å². The Bertz CT molecular complexity index is 752. The molecule has 0 amide bonds. The molecule has 2 rings (SSSR count). The minimum absolute atomic E-state index is 0.0643. The van der Waals surface area contributed by atoms with Gasteiger partial charge >= 0.3 is 0 Å². The van der Waals surface area contributed by atoms with E-state index in [1.165, 1.54) is 0 Å². The van der Waals surface area contributed by atoms with E-state index < -0.39 is 16.1 Å². The lowest BCUT2D eigenvalue weighted by atomic mass is 10.1. The summed E-state index contributed by atoms with van der Waals surface area (Å²) in [6, 6.07) is 4.50. The van der Waals surface area contributed by atoms with Crippen LogP contribution in [0.1, 0.15) is 30.0 Å². The molecule has 1 aromatic carbocycles. The van der Waals surface area contributed by atoms with E-state index in [0.717, 1.165) is 0 Å². The minimum Gasteiger partial charge on any atom is -0.360 e. The molecule has 21 heavy (non-hydrogen) atoms. The van der Waals surface area contributed by atoms with Crippen molar-refractivity contribution in [2.75, 3.05) is 0 Å². The van der Waals surface area contributed by atoms with Gasteiger partial charge in [-0.15, -0.1) is 0 Å². The van der Waals surface area contributed by atoms with E-state index in [4.69, 9.17) is 27.7 Å². The van der Waals surface area contributed by atoms with Gasteiger partial charge in [0.2, 0.25) is 10.0 Å². The Morgan fingerprint density at radius 3 is 2.43 bits per heavy atom. The first-order valence-electron chi connectivity index (χ1n) is 6.12. The number of benzene rings is 1. The van der Waals surface area contributed by atoms with Crippen molar-refractivity contribution < 1.29 is 12.9 Å². The monoisotopic (exact) mass is 348 g/mol. The Hall–Kier alpha value is -1.08. The fraction of sp³-hybridized carbons (Fsp3) is 0.308. The molecular formula is C13H14Cl2N2O3S. The molecular weight excluding hydrogens is 335 g/mol. The maximum Gasteiger partial charge on any atom is 0.246 e. The largest absolute Gasteiger partial charge is 0.360 e. The zero-order valence-corrected chi connectivity index (χ0v) is 14.0. The molecule has 0 radical (unpaired) electrons. The molecule has 5 nitrogen and oxygen atoms in total. The van der Waals surface area contributed by atoms with Crippen molar-refractivity contribution in [1.82, 2.24) is 9.88 Å². The molecule has 1 aromatic heterocycles. The van der Waals surface area contributed by atoms with Gasteiger partial charge in [-0.25, -0.2) is 13.1 Å². The van der Waals surface area contributed by atoms with Crippen LogP contribution < -0.4 is 4.72 Å². The van der Waals surface area contributed by atoms with Crippen LogP contribution in [0.2, 0.25) is 10.0 Å². The smallest absolute Gasteiger partial charge is 0.246 e. The topological polar surface area (TPSA) is 72.2 Å². The Balaban J connectivity index is 2.30. The van der Waals surface area contributed by atoms with Crippen molar-refractivity contribution in [1.29, 1.82) is 0 Å².